The van der Waals surface area contributed by atoms with Gasteiger partial charge < -0.3 is 8.95 Å². The first-order chi connectivity index (χ1) is 9.47. The van der Waals surface area contributed by atoms with Crippen LogP contribution in [0.1, 0.15) is 50.9 Å². The summed E-state index contributed by atoms with van der Waals surface area (Å²) in [5.41, 5.74) is 2.99. The molecule has 5 heteroatoms. The minimum absolute atomic E-state index is 0.338. The summed E-state index contributed by atoms with van der Waals surface area (Å²) in [4.78, 5) is 4.61. The summed E-state index contributed by atoms with van der Waals surface area (Å²) in [6.45, 7) is 5.77. The number of rotatable bonds is 3. The average Bonchev–Trinajstić information content (AvgIpc) is 3.15. The summed E-state index contributed by atoms with van der Waals surface area (Å²) in [6, 6.07) is 5.98. The molecule has 0 aromatic carbocycles. The zero-order valence-electron chi connectivity index (χ0n) is 12.0. The van der Waals surface area contributed by atoms with Crippen molar-refractivity contribution in [1.29, 1.82) is 0 Å². The van der Waals surface area contributed by atoms with Gasteiger partial charge in [-0.05, 0) is 45.7 Å². The standard InChI is InChI=1S/C15H19N3OS/c1-15(2,3)20(19)16-10-12-14(11-7-8-11)18-9-5-4-6-13(18)17-12/h4-6,9-11H,7-8H2,1-3H3. The Bertz CT molecular complexity index is 653. The van der Waals surface area contributed by atoms with E-state index in [2.05, 4.69) is 13.8 Å². The molecule has 20 heavy (non-hydrogen) atoms. The second-order valence-electron chi connectivity index (χ2n) is 6.18. The Balaban J connectivity index is 1.99. The van der Waals surface area contributed by atoms with Crippen molar-refractivity contribution < 1.29 is 4.55 Å². The molecule has 0 saturated heterocycles. The van der Waals surface area contributed by atoms with Crippen LogP contribution in [0.4, 0.5) is 0 Å². The highest BCUT2D eigenvalue weighted by Crippen LogP contribution is 2.41. The third-order valence-electron chi connectivity index (χ3n) is 3.35. The summed E-state index contributed by atoms with van der Waals surface area (Å²) in [7, 11) is 0. The van der Waals surface area contributed by atoms with Gasteiger partial charge in [-0.2, -0.15) is 0 Å². The molecule has 0 amide bonds. The maximum Gasteiger partial charge on any atom is 0.144 e. The van der Waals surface area contributed by atoms with E-state index in [9.17, 15) is 4.55 Å². The lowest BCUT2D eigenvalue weighted by Gasteiger charge is -2.17. The van der Waals surface area contributed by atoms with E-state index in [4.69, 9.17) is 0 Å². The van der Waals surface area contributed by atoms with E-state index in [1.54, 1.807) is 6.21 Å². The van der Waals surface area contributed by atoms with E-state index in [1.807, 2.05) is 45.2 Å². The van der Waals surface area contributed by atoms with Gasteiger partial charge in [0, 0.05) is 12.1 Å². The van der Waals surface area contributed by atoms with Crippen molar-refractivity contribution in [3.63, 3.8) is 0 Å². The van der Waals surface area contributed by atoms with Gasteiger partial charge in [-0.1, -0.05) is 10.5 Å². The minimum atomic E-state index is -1.24. The summed E-state index contributed by atoms with van der Waals surface area (Å²) in [5, 5.41) is 0. The first-order valence-electron chi connectivity index (χ1n) is 6.90. The number of hydrogen-bond acceptors (Lipinski definition) is 3. The summed E-state index contributed by atoms with van der Waals surface area (Å²) in [5.74, 6) is 0.567. The van der Waals surface area contributed by atoms with Crippen molar-refractivity contribution in [3.05, 3.63) is 35.8 Å². The second-order valence-corrected chi connectivity index (χ2v) is 8.12. The van der Waals surface area contributed by atoms with Crippen LogP contribution in [-0.4, -0.2) is 24.9 Å². The number of nitrogens with zero attached hydrogens (tertiary/aromatic N) is 3. The molecule has 1 saturated carbocycles. The van der Waals surface area contributed by atoms with Crippen LogP contribution in [0.15, 0.2) is 28.8 Å². The van der Waals surface area contributed by atoms with Gasteiger partial charge in [0.2, 0.25) is 0 Å². The summed E-state index contributed by atoms with van der Waals surface area (Å²) >= 11 is -1.24. The van der Waals surface area contributed by atoms with Gasteiger partial charge in [0.25, 0.3) is 0 Å². The van der Waals surface area contributed by atoms with E-state index < -0.39 is 11.4 Å². The van der Waals surface area contributed by atoms with E-state index >= 15 is 0 Å². The van der Waals surface area contributed by atoms with Gasteiger partial charge in [-0.25, -0.2) is 4.98 Å². The van der Waals surface area contributed by atoms with Crippen LogP contribution in [0.25, 0.3) is 5.65 Å². The molecule has 1 unspecified atom stereocenters. The van der Waals surface area contributed by atoms with Gasteiger partial charge in [-0.3, -0.25) is 0 Å². The lowest BCUT2D eigenvalue weighted by Crippen LogP contribution is -2.25. The van der Waals surface area contributed by atoms with E-state index in [0.29, 0.717) is 5.92 Å². The molecule has 3 rings (SSSR count). The van der Waals surface area contributed by atoms with Crippen molar-refractivity contribution >= 4 is 23.2 Å². The van der Waals surface area contributed by atoms with Crippen molar-refractivity contribution in [2.24, 2.45) is 4.40 Å². The van der Waals surface area contributed by atoms with Crippen LogP contribution < -0.4 is 0 Å². The Labute approximate surface area is 122 Å². The summed E-state index contributed by atoms with van der Waals surface area (Å²) in [6.07, 6.45) is 6.12. The fraction of sp³-hybridized carbons (Fsp3) is 0.467. The third kappa shape index (κ3) is 2.60. The molecule has 1 fully saturated rings. The van der Waals surface area contributed by atoms with Crippen molar-refractivity contribution in [2.45, 2.75) is 44.3 Å². The molecule has 1 aliphatic rings. The number of pyridine rings is 1. The van der Waals surface area contributed by atoms with Gasteiger partial charge in [-0.15, -0.1) is 0 Å². The highest BCUT2D eigenvalue weighted by atomic mass is 32.2. The Kier molecular flexibility index (Phi) is 3.34. The fourth-order valence-corrected chi connectivity index (χ4v) is 2.66. The zero-order chi connectivity index (χ0) is 14.3. The van der Waals surface area contributed by atoms with Crippen LogP contribution in [0.2, 0.25) is 0 Å². The fourth-order valence-electron chi connectivity index (χ4n) is 2.15. The van der Waals surface area contributed by atoms with Crippen LogP contribution in [0.5, 0.6) is 0 Å². The second kappa shape index (κ2) is 4.90. The molecular formula is C15H19N3OS. The predicted octanol–water partition coefficient (Wildman–Crippen LogP) is 3.09. The molecule has 0 bridgehead atoms. The predicted molar refractivity (Wildman–Crippen MR) is 82.7 cm³/mol. The van der Waals surface area contributed by atoms with Gasteiger partial charge in [0.15, 0.2) is 0 Å². The van der Waals surface area contributed by atoms with E-state index in [-0.39, 0.29) is 4.75 Å². The van der Waals surface area contributed by atoms with E-state index in [1.165, 1.54) is 18.5 Å². The first-order valence-corrected chi connectivity index (χ1v) is 8.00. The molecule has 106 valence electrons. The number of hydrogen-bond donors (Lipinski definition) is 0. The molecule has 0 spiro atoms. The highest BCUT2D eigenvalue weighted by molar-refractivity contribution is 7.91. The Morgan fingerprint density at radius 2 is 2.15 bits per heavy atom. The first kappa shape index (κ1) is 13.6. The molecule has 2 aromatic rings. The third-order valence-corrected chi connectivity index (χ3v) is 4.70. The monoisotopic (exact) mass is 289 g/mol. The Morgan fingerprint density at radius 1 is 1.40 bits per heavy atom. The van der Waals surface area contributed by atoms with E-state index in [0.717, 1.165) is 11.3 Å². The smallest absolute Gasteiger partial charge is 0.144 e. The van der Waals surface area contributed by atoms with Crippen LogP contribution in [0, 0.1) is 0 Å². The Hall–Kier alpha value is -1.33. The van der Waals surface area contributed by atoms with Gasteiger partial charge in [0.1, 0.15) is 33.7 Å². The topological polar surface area (TPSA) is 52.7 Å². The highest BCUT2D eigenvalue weighted by Gasteiger charge is 2.31. The summed E-state index contributed by atoms with van der Waals surface area (Å²) < 4.78 is 18.0. The molecule has 0 radical (unpaired) electrons. The quantitative estimate of drug-likeness (QED) is 0.644. The lowest BCUT2D eigenvalue weighted by atomic mass is 10.2. The average molecular weight is 289 g/mol. The molecule has 1 atom stereocenters. The zero-order valence-corrected chi connectivity index (χ0v) is 12.9. The van der Waals surface area contributed by atoms with Crippen molar-refractivity contribution in [3.8, 4) is 0 Å². The Morgan fingerprint density at radius 3 is 2.80 bits per heavy atom. The number of aromatic nitrogens is 2. The SMILES string of the molecule is CC(C)(C)[S+]([O-])N=Cc1nc2ccccn2c1C1CC1. The lowest BCUT2D eigenvalue weighted by molar-refractivity contribution is 0.562. The largest absolute Gasteiger partial charge is 0.591 e. The van der Waals surface area contributed by atoms with Crippen LogP contribution >= 0.6 is 0 Å². The minimum Gasteiger partial charge on any atom is -0.591 e. The maximum absolute atomic E-state index is 12.0. The van der Waals surface area contributed by atoms with Crippen LogP contribution in [-0.2, 0) is 11.4 Å². The normalized spacial score (nSPS) is 18.0. The number of fused-ring (bicyclic) bond motifs is 1. The van der Waals surface area contributed by atoms with Crippen LogP contribution in [0.3, 0.4) is 0 Å². The molecule has 0 aliphatic heterocycles. The molecule has 2 aromatic heterocycles. The van der Waals surface area contributed by atoms with Crippen molar-refractivity contribution in [1.82, 2.24) is 9.38 Å². The molecular weight excluding hydrogens is 270 g/mol. The van der Waals surface area contributed by atoms with Gasteiger partial charge >= 0.3 is 0 Å². The molecule has 4 nitrogen and oxygen atoms in total. The number of imidazole rings is 1. The van der Waals surface area contributed by atoms with Crippen molar-refractivity contribution in [2.75, 3.05) is 0 Å². The molecule has 1 aliphatic carbocycles. The maximum atomic E-state index is 12.0. The molecule has 0 N–H and O–H groups in total. The van der Waals surface area contributed by atoms with Gasteiger partial charge in [0.05, 0.1) is 5.69 Å². The molecule has 2 heterocycles.